The molecule has 2 aliphatic rings. The van der Waals surface area contributed by atoms with Crippen molar-refractivity contribution >= 4 is 22.6 Å². The molecular weight excluding hydrogens is 388 g/mol. The van der Waals surface area contributed by atoms with Crippen LogP contribution in [-0.2, 0) is 4.79 Å². The maximum Gasteiger partial charge on any atom is 0.226 e. The van der Waals surface area contributed by atoms with Gasteiger partial charge < -0.3 is 9.64 Å². The second-order valence-electron chi connectivity index (χ2n) is 9.61. The predicted octanol–water partition coefficient (Wildman–Crippen LogP) is 4.24. The van der Waals surface area contributed by atoms with Crippen LogP contribution in [0.3, 0.4) is 0 Å². The van der Waals surface area contributed by atoms with Crippen molar-refractivity contribution in [2.75, 3.05) is 38.2 Å². The minimum atomic E-state index is 0.232. The molecule has 1 aromatic heterocycles. The molecule has 0 N–H and O–H groups in total. The van der Waals surface area contributed by atoms with E-state index in [9.17, 15) is 4.79 Å². The van der Waals surface area contributed by atoms with Crippen LogP contribution in [0.25, 0.3) is 10.9 Å². The van der Waals surface area contributed by atoms with Crippen molar-refractivity contribution in [2.45, 2.75) is 58.9 Å². The summed E-state index contributed by atoms with van der Waals surface area (Å²) < 4.78 is 5.37. The van der Waals surface area contributed by atoms with Crippen LogP contribution in [-0.4, -0.2) is 60.0 Å². The number of aryl methyl sites for hydroxylation is 1. The summed E-state index contributed by atoms with van der Waals surface area (Å²) in [5.41, 5.74) is 1.94. The molecule has 0 saturated carbocycles. The number of piperidine rings is 2. The van der Waals surface area contributed by atoms with Crippen LogP contribution < -0.4 is 9.64 Å². The molecule has 4 rings (SSSR count). The summed E-state index contributed by atoms with van der Waals surface area (Å²) in [5.74, 6) is 2.79. The molecule has 0 radical (unpaired) electrons. The van der Waals surface area contributed by atoms with Gasteiger partial charge in [0.1, 0.15) is 11.5 Å². The highest BCUT2D eigenvalue weighted by Crippen LogP contribution is 2.28. The van der Waals surface area contributed by atoms with E-state index in [1.165, 1.54) is 0 Å². The van der Waals surface area contributed by atoms with Gasteiger partial charge in [-0.25, -0.2) is 9.97 Å². The number of nitrogens with zero attached hydrogens (tertiary/aromatic N) is 4. The second-order valence-corrected chi connectivity index (χ2v) is 9.61. The summed E-state index contributed by atoms with van der Waals surface area (Å²) in [5, 5.41) is 1.07. The lowest BCUT2D eigenvalue weighted by molar-refractivity contribution is -0.125. The third kappa shape index (κ3) is 5.00. The lowest BCUT2D eigenvalue weighted by atomic mass is 9.88. The van der Waals surface area contributed by atoms with Crippen LogP contribution in [0.4, 0.5) is 5.95 Å². The predicted molar refractivity (Wildman–Crippen MR) is 125 cm³/mol. The highest BCUT2D eigenvalue weighted by atomic mass is 16.5. The Labute approximate surface area is 186 Å². The van der Waals surface area contributed by atoms with E-state index in [0.29, 0.717) is 17.7 Å². The highest BCUT2D eigenvalue weighted by Gasteiger charge is 2.32. The SMILES string of the molecule is COc1ccc2c(C)nc(N3CCC(N4CCCC(C(=O)CC(C)C)C4)CC3)nc2c1. The summed E-state index contributed by atoms with van der Waals surface area (Å²) >= 11 is 0. The zero-order chi connectivity index (χ0) is 22.0. The van der Waals surface area contributed by atoms with E-state index >= 15 is 0 Å². The van der Waals surface area contributed by atoms with Gasteiger partial charge in [-0.05, 0) is 57.2 Å². The summed E-state index contributed by atoms with van der Waals surface area (Å²) in [6.07, 6.45) is 5.13. The number of ketones is 1. The quantitative estimate of drug-likeness (QED) is 0.691. The van der Waals surface area contributed by atoms with Crippen molar-refractivity contribution in [2.24, 2.45) is 11.8 Å². The number of fused-ring (bicyclic) bond motifs is 1. The summed E-state index contributed by atoms with van der Waals surface area (Å²) in [4.78, 5) is 27.1. The first-order valence-corrected chi connectivity index (χ1v) is 11.8. The largest absolute Gasteiger partial charge is 0.497 e. The van der Waals surface area contributed by atoms with Gasteiger partial charge in [-0.2, -0.15) is 0 Å². The van der Waals surface area contributed by atoms with E-state index in [1.54, 1.807) is 7.11 Å². The van der Waals surface area contributed by atoms with Gasteiger partial charge in [-0.15, -0.1) is 0 Å². The lowest BCUT2D eigenvalue weighted by Gasteiger charge is -2.42. The maximum atomic E-state index is 12.6. The maximum absolute atomic E-state index is 12.6. The molecule has 1 atom stereocenters. The third-order valence-electron chi connectivity index (χ3n) is 6.86. The monoisotopic (exact) mass is 424 g/mol. The summed E-state index contributed by atoms with van der Waals surface area (Å²) in [6, 6.07) is 6.55. The van der Waals surface area contributed by atoms with E-state index in [2.05, 4.69) is 30.6 Å². The third-order valence-corrected chi connectivity index (χ3v) is 6.86. The van der Waals surface area contributed by atoms with Crippen molar-refractivity contribution in [3.05, 3.63) is 23.9 Å². The van der Waals surface area contributed by atoms with E-state index in [-0.39, 0.29) is 5.92 Å². The Bertz CT molecular complexity index is 921. The van der Waals surface area contributed by atoms with Crippen molar-refractivity contribution in [3.8, 4) is 5.75 Å². The Hall–Kier alpha value is -2.21. The number of ether oxygens (including phenoxy) is 1. The fourth-order valence-electron chi connectivity index (χ4n) is 5.12. The first-order chi connectivity index (χ1) is 14.9. The van der Waals surface area contributed by atoms with Gasteiger partial charge in [0, 0.05) is 49.5 Å². The normalized spacial score (nSPS) is 21.1. The van der Waals surface area contributed by atoms with Crippen LogP contribution in [0.1, 0.15) is 51.6 Å². The number of rotatable bonds is 6. The Kier molecular flexibility index (Phi) is 6.75. The number of hydrogen-bond acceptors (Lipinski definition) is 6. The topological polar surface area (TPSA) is 58.6 Å². The van der Waals surface area contributed by atoms with Crippen LogP contribution in [0.5, 0.6) is 5.75 Å². The average molecular weight is 425 g/mol. The first-order valence-electron chi connectivity index (χ1n) is 11.8. The molecule has 0 bridgehead atoms. The molecule has 2 fully saturated rings. The van der Waals surface area contributed by atoms with Crippen molar-refractivity contribution in [1.29, 1.82) is 0 Å². The molecule has 2 aromatic rings. The molecule has 2 aliphatic heterocycles. The first kappa shape index (κ1) is 22.0. The minimum absolute atomic E-state index is 0.232. The fraction of sp³-hybridized carbons (Fsp3) is 0.640. The number of anilines is 1. The molecule has 0 spiro atoms. The molecule has 0 aliphatic carbocycles. The molecule has 0 amide bonds. The number of benzene rings is 1. The molecule has 6 nitrogen and oxygen atoms in total. The molecule has 1 unspecified atom stereocenters. The van der Waals surface area contributed by atoms with Crippen molar-refractivity contribution in [3.63, 3.8) is 0 Å². The Morgan fingerprint density at radius 1 is 1.16 bits per heavy atom. The van der Waals surface area contributed by atoms with Gasteiger partial charge in [-0.1, -0.05) is 13.8 Å². The van der Waals surface area contributed by atoms with E-state index < -0.39 is 0 Å². The Balaban J connectivity index is 1.40. The molecule has 1 aromatic carbocycles. The number of aromatic nitrogens is 2. The Morgan fingerprint density at radius 3 is 2.65 bits per heavy atom. The van der Waals surface area contributed by atoms with E-state index in [1.807, 2.05) is 18.2 Å². The number of hydrogen-bond donors (Lipinski definition) is 0. The standard InChI is InChI=1S/C25H36N4O2/c1-17(2)14-24(30)19-6-5-11-29(16-19)20-9-12-28(13-10-20)25-26-18(3)22-8-7-21(31-4)15-23(22)27-25/h7-8,15,17,19-20H,5-6,9-14,16H2,1-4H3. The summed E-state index contributed by atoms with van der Waals surface area (Å²) in [6.45, 7) is 10.3. The van der Waals surface area contributed by atoms with Crippen LogP contribution in [0.15, 0.2) is 18.2 Å². The molecule has 168 valence electrons. The van der Waals surface area contributed by atoms with Crippen LogP contribution >= 0.6 is 0 Å². The van der Waals surface area contributed by atoms with Gasteiger partial charge in [0.15, 0.2) is 0 Å². The zero-order valence-electron chi connectivity index (χ0n) is 19.4. The number of likely N-dealkylation sites (tertiary alicyclic amines) is 1. The average Bonchev–Trinajstić information content (AvgIpc) is 2.78. The number of carbonyl (C=O) groups excluding carboxylic acids is 1. The molecule has 2 saturated heterocycles. The molecule has 6 heteroatoms. The van der Waals surface area contributed by atoms with Gasteiger partial charge >= 0.3 is 0 Å². The van der Waals surface area contributed by atoms with E-state index in [0.717, 1.165) is 86.6 Å². The van der Waals surface area contributed by atoms with E-state index in [4.69, 9.17) is 14.7 Å². The van der Waals surface area contributed by atoms with Gasteiger partial charge in [-0.3, -0.25) is 9.69 Å². The number of carbonyl (C=O) groups is 1. The van der Waals surface area contributed by atoms with Crippen molar-refractivity contribution in [1.82, 2.24) is 14.9 Å². The number of methoxy groups -OCH3 is 1. The smallest absolute Gasteiger partial charge is 0.226 e. The fourth-order valence-corrected chi connectivity index (χ4v) is 5.12. The zero-order valence-corrected chi connectivity index (χ0v) is 19.4. The van der Waals surface area contributed by atoms with Crippen LogP contribution in [0, 0.1) is 18.8 Å². The Morgan fingerprint density at radius 2 is 1.94 bits per heavy atom. The highest BCUT2D eigenvalue weighted by molar-refractivity contribution is 5.83. The summed E-state index contributed by atoms with van der Waals surface area (Å²) in [7, 11) is 1.68. The van der Waals surface area contributed by atoms with Gasteiger partial charge in [0.2, 0.25) is 5.95 Å². The number of Topliss-reactive ketones (excluding diaryl/α,β-unsaturated/α-hetero) is 1. The van der Waals surface area contributed by atoms with Crippen molar-refractivity contribution < 1.29 is 9.53 Å². The second kappa shape index (κ2) is 9.51. The minimum Gasteiger partial charge on any atom is -0.497 e. The van der Waals surface area contributed by atoms with Gasteiger partial charge in [0.05, 0.1) is 18.3 Å². The van der Waals surface area contributed by atoms with Crippen LogP contribution in [0.2, 0.25) is 0 Å². The molecule has 3 heterocycles. The lowest BCUT2D eigenvalue weighted by Crippen LogP contribution is -2.49. The molecule has 31 heavy (non-hydrogen) atoms. The van der Waals surface area contributed by atoms with Gasteiger partial charge in [0.25, 0.3) is 0 Å². The molecular formula is C25H36N4O2.